The summed E-state index contributed by atoms with van der Waals surface area (Å²) in [5.41, 5.74) is 0.672. The summed E-state index contributed by atoms with van der Waals surface area (Å²) >= 11 is 0. The minimum absolute atomic E-state index is 0.0161. The van der Waals surface area contributed by atoms with Crippen LogP contribution >= 0.6 is 0 Å². The van der Waals surface area contributed by atoms with Crippen molar-refractivity contribution in [1.82, 2.24) is 0 Å². The summed E-state index contributed by atoms with van der Waals surface area (Å²) in [6.45, 7) is 0. The molecule has 0 aliphatic carbocycles. The Morgan fingerprint density at radius 2 is 1.30 bits per heavy atom. The van der Waals surface area contributed by atoms with E-state index in [2.05, 4.69) is 4.40 Å². The molecule has 5 nitrogen and oxygen atoms in total. The van der Waals surface area contributed by atoms with Crippen LogP contribution in [0, 0.1) is 0 Å². The van der Waals surface area contributed by atoms with E-state index in [1.165, 1.54) is 31.4 Å². The van der Waals surface area contributed by atoms with Gasteiger partial charge >= 0.3 is 0 Å². The molecule has 0 aliphatic heterocycles. The highest BCUT2D eigenvalue weighted by Crippen LogP contribution is 2.19. The maximum Gasteiger partial charge on any atom is 0.283 e. The van der Waals surface area contributed by atoms with E-state index in [4.69, 9.17) is 4.74 Å². The highest BCUT2D eigenvalue weighted by atomic mass is 32.2. The molecule has 136 valence electrons. The average molecular weight is 379 g/mol. The lowest BCUT2D eigenvalue weighted by Crippen LogP contribution is -2.18. The molecule has 6 heteroatoms. The van der Waals surface area contributed by atoms with E-state index >= 15 is 0 Å². The fraction of sp³-hybridized carbons (Fsp3) is 0.0476. The van der Waals surface area contributed by atoms with Gasteiger partial charge in [-0.3, -0.25) is 4.79 Å². The van der Waals surface area contributed by atoms with Gasteiger partial charge in [0.15, 0.2) is 0 Å². The molecule has 3 aromatic carbocycles. The van der Waals surface area contributed by atoms with Gasteiger partial charge in [0.2, 0.25) is 5.78 Å². The Hall–Kier alpha value is -3.25. The lowest BCUT2D eigenvalue weighted by atomic mass is 10.0. The van der Waals surface area contributed by atoms with Crippen LogP contribution in [-0.4, -0.2) is 27.0 Å². The molecule has 3 aromatic rings. The molecule has 0 fully saturated rings. The van der Waals surface area contributed by atoms with Crippen LogP contribution in [0.1, 0.15) is 15.9 Å². The van der Waals surface area contributed by atoms with E-state index in [9.17, 15) is 13.2 Å². The molecule has 0 amide bonds. The molecule has 3 rings (SSSR count). The van der Waals surface area contributed by atoms with Crippen molar-refractivity contribution in [3.05, 3.63) is 96.1 Å². The van der Waals surface area contributed by atoms with Gasteiger partial charge in [0, 0.05) is 11.1 Å². The number of carbonyl (C=O) groups excluding carboxylic acids is 1. The molecule has 0 saturated carbocycles. The zero-order chi connectivity index (χ0) is 19.3. The molecule has 0 heterocycles. The Balaban J connectivity index is 2.10. The van der Waals surface area contributed by atoms with Crippen molar-refractivity contribution in [2.75, 3.05) is 7.11 Å². The topological polar surface area (TPSA) is 72.8 Å². The number of benzene rings is 3. The fourth-order valence-electron chi connectivity index (χ4n) is 2.47. The van der Waals surface area contributed by atoms with Crippen LogP contribution in [0.25, 0.3) is 0 Å². The molecule has 0 bridgehead atoms. The van der Waals surface area contributed by atoms with Gasteiger partial charge in [0.05, 0.1) is 12.0 Å². The predicted molar refractivity (Wildman–Crippen MR) is 104 cm³/mol. The van der Waals surface area contributed by atoms with E-state index < -0.39 is 15.8 Å². The highest BCUT2D eigenvalue weighted by molar-refractivity contribution is 7.90. The Kier molecular flexibility index (Phi) is 5.47. The SMILES string of the molecule is COc1ccc(S(=O)(=O)/N=C(/C(=O)c2ccccc2)c2ccccc2)cc1. The number of hydrogen-bond acceptors (Lipinski definition) is 4. The van der Waals surface area contributed by atoms with Crippen molar-refractivity contribution in [3.8, 4) is 5.75 Å². The van der Waals surface area contributed by atoms with Crippen molar-refractivity contribution in [2.24, 2.45) is 4.40 Å². The molecule has 0 atom stereocenters. The second-order valence-electron chi connectivity index (χ2n) is 5.65. The number of nitrogens with zero attached hydrogens (tertiary/aromatic N) is 1. The Morgan fingerprint density at radius 3 is 1.81 bits per heavy atom. The number of carbonyl (C=O) groups is 1. The zero-order valence-electron chi connectivity index (χ0n) is 14.6. The summed E-state index contributed by atoms with van der Waals surface area (Å²) in [7, 11) is -2.58. The van der Waals surface area contributed by atoms with Gasteiger partial charge in [0.25, 0.3) is 10.0 Å². The van der Waals surface area contributed by atoms with Crippen LogP contribution in [0.5, 0.6) is 5.75 Å². The lowest BCUT2D eigenvalue weighted by molar-refractivity contribution is 0.106. The number of sulfonamides is 1. The first-order valence-corrected chi connectivity index (χ1v) is 9.59. The standard InChI is InChI=1S/C21H17NO4S/c1-26-18-12-14-19(15-13-18)27(24,25)22-20(16-8-4-2-5-9-16)21(23)17-10-6-3-7-11-17/h2-15H,1H3/b22-20+. The van der Waals surface area contributed by atoms with E-state index in [1.54, 1.807) is 60.7 Å². The largest absolute Gasteiger partial charge is 0.497 e. The smallest absolute Gasteiger partial charge is 0.283 e. The van der Waals surface area contributed by atoms with Crippen LogP contribution < -0.4 is 4.74 Å². The normalized spacial score (nSPS) is 11.8. The van der Waals surface area contributed by atoms with Crippen LogP contribution in [0.2, 0.25) is 0 Å². The van der Waals surface area contributed by atoms with Gasteiger partial charge in [-0.05, 0) is 24.3 Å². The van der Waals surface area contributed by atoms with Crippen molar-refractivity contribution in [1.29, 1.82) is 0 Å². The highest BCUT2D eigenvalue weighted by Gasteiger charge is 2.21. The lowest BCUT2D eigenvalue weighted by Gasteiger charge is -2.07. The second kappa shape index (κ2) is 7.97. The Morgan fingerprint density at radius 1 is 0.778 bits per heavy atom. The van der Waals surface area contributed by atoms with Gasteiger partial charge < -0.3 is 4.74 Å². The number of ether oxygens (including phenoxy) is 1. The molecule has 0 radical (unpaired) electrons. The second-order valence-corrected chi connectivity index (χ2v) is 7.26. The summed E-state index contributed by atoms with van der Waals surface area (Å²) in [5.74, 6) is 0.0699. The van der Waals surface area contributed by atoms with Crippen LogP contribution in [0.4, 0.5) is 0 Å². The first-order chi connectivity index (χ1) is 13.0. The van der Waals surface area contributed by atoms with E-state index in [-0.39, 0.29) is 10.6 Å². The van der Waals surface area contributed by atoms with Crippen LogP contribution in [0.3, 0.4) is 0 Å². The molecule has 0 spiro atoms. The van der Waals surface area contributed by atoms with Crippen molar-refractivity contribution >= 4 is 21.5 Å². The summed E-state index contributed by atoms with van der Waals surface area (Å²) in [6, 6.07) is 22.9. The summed E-state index contributed by atoms with van der Waals surface area (Å²) in [6.07, 6.45) is 0. The molecular weight excluding hydrogens is 362 g/mol. The maximum absolute atomic E-state index is 12.9. The number of Topliss-reactive ketones (excluding diaryl/α,β-unsaturated/α-hetero) is 1. The van der Waals surface area contributed by atoms with Crippen LogP contribution in [0.15, 0.2) is 94.2 Å². The third-order valence-corrected chi connectivity index (χ3v) is 5.16. The van der Waals surface area contributed by atoms with Crippen molar-refractivity contribution in [3.63, 3.8) is 0 Å². The number of methoxy groups -OCH3 is 1. The number of ketones is 1. The van der Waals surface area contributed by atoms with Gasteiger partial charge in [0.1, 0.15) is 11.5 Å². The van der Waals surface area contributed by atoms with E-state index in [0.29, 0.717) is 16.9 Å². The molecule has 0 unspecified atom stereocenters. The summed E-state index contributed by atoms with van der Waals surface area (Å²) in [5, 5.41) is 0. The zero-order valence-corrected chi connectivity index (χ0v) is 15.4. The fourth-order valence-corrected chi connectivity index (χ4v) is 3.48. The predicted octanol–water partition coefficient (Wildman–Crippen LogP) is 3.76. The Bertz CT molecular complexity index is 1060. The first-order valence-electron chi connectivity index (χ1n) is 8.15. The van der Waals surface area contributed by atoms with Gasteiger partial charge in [-0.2, -0.15) is 12.8 Å². The van der Waals surface area contributed by atoms with E-state index in [0.717, 1.165) is 0 Å². The molecule has 0 aliphatic rings. The molecule has 0 aromatic heterocycles. The van der Waals surface area contributed by atoms with Crippen molar-refractivity contribution < 1.29 is 17.9 Å². The van der Waals surface area contributed by atoms with Crippen molar-refractivity contribution in [2.45, 2.75) is 4.90 Å². The number of hydrogen-bond donors (Lipinski definition) is 0. The molecule has 0 saturated heterocycles. The van der Waals surface area contributed by atoms with Crippen LogP contribution in [-0.2, 0) is 10.0 Å². The molecule has 27 heavy (non-hydrogen) atoms. The molecule has 0 N–H and O–H groups in total. The Labute approximate surface area is 158 Å². The van der Waals surface area contributed by atoms with Gasteiger partial charge in [-0.1, -0.05) is 60.7 Å². The third-order valence-electron chi connectivity index (χ3n) is 3.87. The molecular formula is C21H17NO4S. The van der Waals surface area contributed by atoms with Gasteiger partial charge in [-0.25, -0.2) is 0 Å². The summed E-state index contributed by atoms with van der Waals surface area (Å²) in [4.78, 5) is 12.9. The summed E-state index contributed by atoms with van der Waals surface area (Å²) < 4.78 is 34.5. The minimum Gasteiger partial charge on any atom is -0.497 e. The quantitative estimate of drug-likeness (QED) is 0.483. The monoisotopic (exact) mass is 379 g/mol. The number of rotatable bonds is 6. The van der Waals surface area contributed by atoms with Gasteiger partial charge in [-0.15, -0.1) is 0 Å². The average Bonchev–Trinajstić information content (AvgIpc) is 2.73. The minimum atomic E-state index is -4.07. The van der Waals surface area contributed by atoms with E-state index in [1.807, 2.05) is 0 Å². The third kappa shape index (κ3) is 4.30. The first kappa shape index (κ1) is 18.5. The maximum atomic E-state index is 12.9.